The summed E-state index contributed by atoms with van der Waals surface area (Å²) in [5.41, 5.74) is 2.43. The van der Waals surface area contributed by atoms with Gasteiger partial charge in [0.1, 0.15) is 5.82 Å². The fourth-order valence-corrected chi connectivity index (χ4v) is 1.77. The van der Waals surface area contributed by atoms with Gasteiger partial charge in [0.2, 0.25) is 0 Å². The summed E-state index contributed by atoms with van der Waals surface area (Å²) in [6.07, 6.45) is 3.55. The molecule has 16 heavy (non-hydrogen) atoms. The molecule has 0 bridgehead atoms. The van der Waals surface area contributed by atoms with Crippen LogP contribution in [0.3, 0.4) is 0 Å². The summed E-state index contributed by atoms with van der Waals surface area (Å²) in [6, 6.07) is 12.5. The van der Waals surface area contributed by atoms with Crippen molar-refractivity contribution in [2.45, 2.75) is 0 Å². The van der Waals surface area contributed by atoms with E-state index in [4.69, 9.17) is 0 Å². The number of nitrogens with zero attached hydrogens (tertiary/aromatic N) is 2. The van der Waals surface area contributed by atoms with E-state index < -0.39 is 0 Å². The Morgan fingerprint density at radius 1 is 1.00 bits per heavy atom. The highest BCUT2D eigenvalue weighted by atomic mass is 19.1. The van der Waals surface area contributed by atoms with E-state index >= 15 is 0 Å². The minimum absolute atomic E-state index is 0.214. The summed E-state index contributed by atoms with van der Waals surface area (Å²) < 4.78 is 15.3. The maximum Gasteiger partial charge on any atom is 0.131 e. The summed E-state index contributed by atoms with van der Waals surface area (Å²) in [7, 11) is 0. The molecule has 2 aromatic heterocycles. The SMILES string of the molecule is Fc1ccccc1-c1ccc2ccnn2c1. The molecule has 0 radical (unpaired) electrons. The van der Waals surface area contributed by atoms with Gasteiger partial charge >= 0.3 is 0 Å². The van der Waals surface area contributed by atoms with Crippen LogP contribution < -0.4 is 0 Å². The van der Waals surface area contributed by atoms with Crippen LogP contribution in [-0.2, 0) is 0 Å². The van der Waals surface area contributed by atoms with Gasteiger partial charge in [0.15, 0.2) is 0 Å². The Kier molecular flexibility index (Phi) is 1.96. The van der Waals surface area contributed by atoms with Crippen LogP contribution in [-0.4, -0.2) is 9.61 Å². The summed E-state index contributed by atoms with van der Waals surface area (Å²) in [5, 5.41) is 4.13. The Morgan fingerprint density at radius 3 is 2.75 bits per heavy atom. The summed E-state index contributed by atoms with van der Waals surface area (Å²) in [5.74, 6) is -0.214. The van der Waals surface area contributed by atoms with Crippen LogP contribution >= 0.6 is 0 Å². The molecule has 0 spiro atoms. The molecule has 3 aromatic rings. The fraction of sp³-hybridized carbons (Fsp3) is 0. The molecule has 0 aliphatic carbocycles. The largest absolute Gasteiger partial charge is 0.240 e. The molecular weight excluding hydrogens is 203 g/mol. The lowest BCUT2D eigenvalue weighted by atomic mass is 10.1. The normalized spacial score (nSPS) is 10.8. The van der Waals surface area contributed by atoms with E-state index in [9.17, 15) is 4.39 Å². The van der Waals surface area contributed by atoms with E-state index in [-0.39, 0.29) is 5.82 Å². The molecule has 0 saturated carbocycles. The lowest BCUT2D eigenvalue weighted by molar-refractivity contribution is 0.631. The quantitative estimate of drug-likeness (QED) is 0.605. The van der Waals surface area contributed by atoms with Crippen molar-refractivity contribution in [1.29, 1.82) is 0 Å². The standard InChI is InChI=1S/C13H9FN2/c14-13-4-2-1-3-12(13)10-5-6-11-7-8-15-16(11)9-10/h1-9H. The first-order chi connectivity index (χ1) is 7.84. The van der Waals surface area contributed by atoms with Crippen LogP contribution in [0.25, 0.3) is 16.6 Å². The highest BCUT2D eigenvalue weighted by Gasteiger charge is 2.04. The number of aromatic nitrogens is 2. The molecule has 0 N–H and O–H groups in total. The molecule has 2 heterocycles. The summed E-state index contributed by atoms with van der Waals surface area (Å²) >= 11 is 0. The van der Waals surface area contributed by atoms with E-state index in [0.717, 1.165) is 11.1 Å². The molecule has 3 rings (SSSR count). The van der Waals surface area contributed by atoms with Crippen molar-refractivity contribution in [2.24, 2.45) is 0 Å². The van der Waals surface area contributed by atoms with Crippen LogP contribution in [0.15, 0.2) is 54.9 Å². The minimum Gasteiger partial charge on any atom is -0.240 e. The Bertz CT molecular complexity index is 643. The lowest BCUT2D eigenvalue weighted by Crippen LogP contribution is -1.89. The molecule has 0 amide bonds. The van der Waals surface area contributed by atoms with E-state index in [2.05, 4.69) is 5.10 Å². The number of rotatable bonds is 1. The van der Waals surface area contributed by atoms with Gasteiger partial charge < -0.3 is 0 Å². The smallest absolute Gasteiger partial charge is 0.131 e. The van der Waals surface area contributed by atoms with E-state index in [1.54, 1.807) is 22.8 Å². The van der Waals surface area contributed by atoms with E-state index in [1.165, 1.54) is 6.07 Å². The number of benzene rings is 1. The van der Waals surface area contributed by atoms with Crippen molar-refractivity contribution in [3.05, 3.63) is 60.7 Å². The maximum atomic E-state index is 13.6. The first kappa shape index (κ1) is 9.09. The molecule has 0 saturated heterocycles. The Hall–Kier alpha value is -2.16. The molecule has 0 fully saturated rings. The minimum atomic E-state index is -0.214. The third-order valence-corrected chi connectivity index (χ3v) is 2.58. The van der Waals surface area contributed by atoms with Gasteiger partial charge in [-0.05, 0) is 18.2 Å². The number of halogens is 1. The highest BCUT2D eigenvalue weighted by Crippen LogP contribution is 2.22. The number of fused-ring (bicyclic) bond motifs is 1. The van der Waals surface area contributed by atoms with Gasteiger partial charge in [0.25, 0.3) is 0 Å². The van der Waals surface area contributed by atoms with Gasteiger partial charge in [-0.1, -0.05) is 24.3 Å². The zero-order valence-corrected chi connectivity index (χ0v) is 8.47. The first-order valence-electron chi connectivity index (χ1n) is 5.03. The molecule has 0 atom stereocenters. The molecule has 78 valence electrons. The third-order valence-electron chi connectivity index (χ3n) is 2.58. The molecule has 2 nitrogen and oxygen atoms in total. The predicted octanol–water partition coefficient (Wildman–Crippen LogP) is 3.14. The molecule has 3 heteroatoms. The third kappa shape index (κ3) is 1.37. The van der Waals surface area contributed by atoms with Crippen molar-refractivity contribution in [1.82, 2.24) is 9.61 Å². The molecule has 1 aromatic carbocycles. The topological polar surface area (TPSA) is 17.3 Å². The van der Waals surface area contributed by atoms with E-state index in [1.807, 2.05) is 30.5 Å². The van der Waals surface area contributed by atoms with Gasteiger partial charge in [-0.2, -0.15) is 5.10 Å². The summed E-state index contributed by atoms with van der Waals surface area (Å²) in [6.45, 7) is 0. The lowest BCUT2D eigenvalue weighted by Gasteiger charge is -2.03. The van der Waals surface area contributed by atoms with Crippen molar-refractivity contribution in [3.8, 4) is 11.1 Å². The number of hydrogen-bond acceptors (Lipinski definition) is 1. The Balaban J connectivity index is 2.22. The summed E-state index contributed by atoms with van der Waals surface area (Å²) in [4.78, 5) is 0. The second-order valence-electron chi connectivity index (χ2n) is 3.60. The molecule has 0 aliphatic heterocycles. The van der Waals surface area contributed by atoms with Crippen LogP contribution in [0, 0.1) is 5.82 Å². The average Bonchev–Trinajstić information content (AvgIpc) is 2.76. The van der Waals surface area contributed by atoms with Crippen LogP contribution in [0.5, 0.6) is 0 Å². The van der Waals surface area contributed by atoms with Gasteiger partial charge in [-0.15, -0.1) is 0 Å². The van der Waals surface area contributed by atoms with Crippen molar-refractivity contribution in [3.63, 3.8) is 0 Å². The number of hydrogen-bond donors (Lipinski definition) is 0. The zero-order valence-electron chi connectivity index (χ0n) is 8.47. The molecule has 0 unspecified atom stereocenters. The second-order valence-corrected chi connectivity index (χ2v) is 3.60. The highest BCUT2D eigenvalue weighted by molar-refractivity contribution is 5.65. The Morgan fingerprint density at radius 2 is 1.88 bits per heavy atom. The zero-order chi connectivity index (χ0) is 11.0. The van der Waals surface area contributed by atoms with Crippen molar-refractivity contribution >= 4 is 5.52 Å². The van der Waals surface area contributed by atoms with Gasteiger partial charge in [-0.3, -0.25) is 0 Å². The Labute approximate surface area is 92.0 Å². The van der Waals surface area contributed by atoms with Gasteiger partial charge in [0, 0.05) is 23.5 Å². The van der Waals surface area contributed by atoms with Crippen LogP contribution in [0.1, 0.15) is 0 Å². The predicted molar refractivity (Wildman–Crippen MR) is 60.6 cm³/mol. The van der Waals surface area contributed by atoms with Crippen LogP contribution in [0.4, 0.5) is 4.39 Å². The average molecular weight is 212 g/mol. The molecule has 0 aliphatic rings. The van der Waals surface area contributed by atoms with Gasteiger partial charge in [0.05, 0.1) is 5.52 Å². The number of pyridine rings is 1. The van der Waals surface area contributed by atoms with E-state index in [0.29, 0.717) is 5.56 Å². The molecular formula is C13H9FN2. The fourth-order valence-electron chi connectivity index (χ4n) is 1.77. The second kappa shape index (κ2) is 3.45. The van der Waals surface area contributed by atoms with Crippen LogP contribution in [0.2, 0.25) is 0 Å². The maximum absolute atomic E-state index is 13.6. The monoisotopic (exact) mass is 212 g/mol. The first-order valence-corrected chi connectivity index (χ1v) is 5.03. The van der Waals surface area contributed by atoms with Crippen molar-refractivity contribution in [2.75, 3.05) is 0 Å². The van der Waals surface area contributed by atoms with Crippen molar-refractivity contribution < 1.29 is 4.39 Å². The van der Waals surface area contributed by atoms with Gasteiger partial charge in [-0.25, -0.2) is 8.91 Å².